The Morgan fingerprint density at radius 1 is 1.00 bits per heavy atom. The maximum atomic E-state index is 9.97. The van der Waals surface area contributed by atoms with E-state index >= 15 is 0 Å². The first kappa shape index (κ1) is 22.5. The summed E-state index contributed by atoms with van der Waals surface area (Å²) in [5.74, 6) is 0.709. The van der Waals surface area contributed by atoms with E-state index in [1.54, 1.807) is 6.92 Å². The molecule has 0 aromatic rings. The lowest BCUT2D eigenvalue weighted by Crippen LogP contribution is -2.17. The predicted octanol–water partition coefficient (Wildman–Crippen LogP) is 5.40. The standard InChI is InChI=1S/C16H35O4PS/c1-5-7-8-11-14-18-16(13-10-9-12-15(3)4)20-21(17,22)19-6-2/h15-16H,5-14H2,1-4H3,(H,17,22). The molecule has 22 heavy (non-hydrogen) atoms. The smallest absolute Gasteiger partial charge is 0.326 e. The molecule has 0 aliphatic heterocycles. The highest BCUT2D eigenvalue weighted by Gasteiger charge is 2.21. The zero-order valence-electron chi connectivity index (χ0n) is 14.8. The van der Waals surface area contributed by atoms with Gasteiger partial charge in [-0.25, -0.2) is 0 Å². The minimum atomic E-state index is -3.17. The first-order valence-electron chi connectivity index (χ1n) is 8.68. The summed E-state index contributed by atoms with van der Waals surface area (Å²) in [6.45, 7) is 6.26. The molecule has 0 saturated carbocycles. The minimum Gasteiger partial charge on any atom is -0.352 e. The predicted molar refractivity (Wildman–Crippen MR) is 96.4 cm³/mol. The van der Waals surface area contributed by atoms with Gasteiger partial charge in [-0.1, -0.05) is 52.9 Å². The van der Waals surface area contributed by atoms with Crippen LogP contribution in [0.3, 0.4) is 0 Å². The molecule has 0 spiro atoms. The van der Waals surface area contributed by atoms with Gasteiger partial charge in [0.1, 0.15) is 0 Å². The van der Waals surface area contributed by atoms with Crippen molar-refractivity contribution in [3.05, 3.63) is 0 Å². The molecule has 6 heteroatoms. The van der Waals surface area contributed by atoms with E-state index in [1.807, 2.05) is 0 Å². The topological polar surface area (TPSA) is 47.9 Å². The first-order valence-corrected chi connectivity index (χ1v) is 11.3. The van der Waals surface area contributed by atoms with Crippen molar-refractivity contribution in [1.82, 2.24) is 0 Å². The Labute approximate surface area is 142 Å². The van der Waals surface area contributed by atoms with Crippen molar-refractivity contribution in [2.45, 2.75) is 85.4 Å². The number of ether oxygens (including phenoxy) is 1. The Morgan fingerprint density at radius 2 is 1.68 bits per heavy atom. The molecule has 0 radical (unpaired) electrons. The molecule has 0 saturated heterocycles. The van der Waals surface area contributed by atoms with Gasteiger partial charge in [0.15, 0.2) is 6.29 Å². The van der Waals surface area contributed by atoms with E-state index in [0.717, 1.165) is 32.1 Å². The maximum absolute atomic E-state index is 9.97. The first-order chi connectivity index (χ1) is 10.4. The van der Waals surface area contributed by atoms with Gasteiger partial charge in [0, 0.05) is 6.61 Å². The van der Waals surface area contributed by atoms with Crippen molar-refractivity contribution in [1.29, 1.82) is 0 Å². The van der Waals surface area contributed by atoms with Gasteiger partial charge in [-0.15, -0.1) is 0 Å². The molecule has 0 aliphatic rings. The molecule has 0 rings (SSSR count). The third-order valence-corrected chi connectivity index (χ3v) is 4.98. The normalized spacial score (nSPS) is 15.9. The number of rotatable bonds is 15. The number of hydrogen-bond donors (Lipinski definition) is 1. The van der Waals surface area contributed by atoms with Crippen molar-refractivity contribution < 1.29 is 18.7 Å². The van der Waals surface area contributed by atoms with E-state index in [9.17, 15) is 4.89 Å². The largest absolute Gasteiger partial charge is 0.352 e. The van der Waals surface area contributed by atoms with Crippen LogP contribution in [-0.4, -0.2) is 24.4 Å². The molecule has 0 fully saturated rings. The molecule has 2 unspecified atom stereocenters. The van der Waals surface area contributed by atoms with Crippen LogP contribution >= 0.6 is 6.72 Å². The lowest BCUT2D eigenvalue weighted by Gasteiger charge is -2.23. The highest BCUT2D eigenvalue weighted by Crippen LogP contribution is 2.45. The van der Waals surface area contributed by atoms with E-state index in [0.29, 0.717) is 19.1 Å². The lowest BCUT2D eigenvalue weighted by molar-refractivity contribution is -0.0939. The minimum absolute atomic E-state index is 0.352. The Balaban J connectivity index is 4.15. The number of hydrogen-bond acceptors (Lipinski definition) is 4. The Bertz CT molecular complexity index is 300. The van der Waals surface area contributed by atoms with Gasteiger partial charge in [0.05, 0.1) is 6.61 Å². The van der Waals surface area contributed by atoms with Gasteiger partial charge in [-0.05, 0) is 43.9 Å². The number of unbranched alkanes of at least 4 members (excludes halogenated alkanes) is 4. The van der Waals surface area contributed by atoms with E-state index < -0.39 is 13.0 Å². The molecule has 134 valence electrons. The van der Waals surface area contributed by atoms with Crippen LogP contribution in [0.15, 0.2) is 0 Å². The van der Waals surface area contributed by atoms with Crippen molar-refractivity contribution >= 4 is 18.5 Å². The summed E-state index contributed by atoms with van der Waals surface area (Å²) in [7, 11) is 0. The summed E-state index contributed by atoms with van der Waals surface area (Å²) < 4.78 is 16.4. The highest BCUT2D eigenvalue weighted by molar-refractivity contribution is 8.07. The molecule has 2 atom stereocenters. The molecule has 0 heterocycles. The molecule has 4 nitrogen and oxygen atoms in total. The highest BCUT2D eigenvalue weighted by atomic mass is 32.5. The second kappa shape index (κ2) is 13.9. The van der Waals surface area contributed by atoms with Crippen LogP contribution in [0.25, 0.3) is 0 Å². The second-order valence-corrected chi connectivity index (χ2v) is 8.82. The molecule has 0 bridgehead atoms. The third-order valence-electron chi connectivity index (χ3n) is 3.32. The molecular formula is C16H35O4PS. The van der Waals surface area contributed by atoms with Crippen LogP contribution in [0.1, 0.15) is 79.1 Å². The van der Waals surface area contributed by atoms with Gasteiger partial charge in [-0.3, -0.25) is 4.52 Å². The van der Waals surface area contributed by atoms with Gasteiger partial charge < -0.3 is 14.2 Å². The fraction of sp³-hybridized carbons (Fsp3) is 1.00. The van der Waals surface area contributed by atoms with Crippen LogP contribution in [0, 0.1) is 5.92 Å². The summed E-state index contributed by atoms with van der Waals surface area (Å²) >= 11 is 5.00. The van der Waals surface area contributed by atoms with Gasteiger partial charge in [-0.2, -0.15) is 0 Å². The van der Waals surface area contributed by atoms with Crippen molar-refractivity contribution in [2.24, 2.45) is 5.92 Å². The van der Waals surface area contributed by atoms with Crippen molar-refractivity contribution in [3.8, 4) is 0 Å². The lowest BCUT2D eigenvalue weighted by atomic mass is 10.1. The van der Waals surface area contributed by atoms with Gasteiger partial charge in [0.25, 0.3) is 0 Å². The SMILES string of the molecule is CCCCCCOC(CCCCC(C)C)OP(O)(=S)OCC. The summed E-state index contributed by atoms with van der Waals surface area (Å²) in [4.78, 5) is 9.97. The molecule has 0 aliphatic carbocycles. The summed E-state index contributed by atoms with van der Waals surface area (Å²) in [6.07, 6.45) is 8.26. The fourth-order valence-corrected chi connectivity index (χ4v) is 3.57. The van der Waals surface area contributed by atoms with Crippen LogP contribution in [0.4, 0.5) is 0 Å². The van der Waals surface area contributed by atoms with E-state index in [4.69, 9.17) is 25.6 Å². The maximum Gasteiger partial charge on any atom is 0.326 e. The van der Waals surface area contributed by atoms with Gasteiger partial charge in [0.2, 0.25) is 0 Å². The monoisotopic (exact) mass is 354 g/mol. The fourth-order valence-electron chi connectivity index (χ4n) is 2.12. The van der Waals surface area contributed by atoms with Crippen LogP contribution < -0.4 is 0 Å². The molecule has 1 N–H and O–H groups in total. The van der Waals surface area contributed by atoms with E-state index in [-0.39, 0.29) is 0 Å². The van der Waals surface area contributed by atoms with Crippen LogP contribution in [0.2, 0.25) is 0 Å². The zero-order valence-corrected chi connectivity index (χ0v) is 16.5. The second-order valence-electron chi connectivity index (χ2n) is 6.03. The summed E-state index contributed by atoms with van der Waals surface area (Å²) in [5, 5.41) is 0. The van der Waals surface area contributed by atoms with Crippen molar-refractivity contribution in [2.75, 3.05) is 13.2 Å². The van der Waals surface area contributed by atoms with E-state index in [1.165, 1.54) is 19.3 Å². The van der Waals surface area contributed by atoms with Crippen LogP contribution in [0.5, 0.6) is 0 Å². The Kier molecular flexibility index (Phi) is 14.2. The zero-order chi connectivity index (χ0) is 16.8. The molecule has 0 aromatic heterocycles. The molecular weight excluding hydrogens is 319 g/mol. The van der Waals surface area contributed by atoms with Gasteiger partial charge >= 0.3 is 6.72 Å². The summed E-state index contributed by atoms with van der Waals surface area (Å²) in [6, 6.07) is 0. The summed E-state index contributed by atoms with van der Waals surface area (Å²) in [5.41, 5.74) is 0. The van der Waals surface area contributed by atoms with Crippen LogP contribution in [-0.2, 0) is 25.6 Å². The third kappa shape index (κ3) is 14.1. The quantitative estimate of drug-likeness (QED) is 0.242. The molecule has 0 aromatic carbocycles. The Hall–Kier alpha value is 0.490. The average Bonchev–Trinajstić information content (AvgIpc) is 2.42. The van der Waals surface area contributed by atoms with Crippen molar-refractivity contribution in [3.63, 3.8) is 0 Å². The van der Waals surface area contributed by atoms with E-state index in [2.05, 4.69) is 20.8 Å². The average molecular weight is 354 g/mol. The Morgan fingerprint density at radius 3 is 2.27 bits per heavy atom. The molecule has 0 amide bonds.